The summed E-state index contributed by atoms with van der Waals surface area (Å²) in [7, 11) is 0. The van der Waals surface area contributed by atoms with E-state index in [9.17, 15) is 63.0 Å². The fraction of sp³-hybridized carbons (Fsp3) is 0.528. The summed E-state index contributed by atoms with van der Waals surface area (Å²) in [4.78, 5) is 150. The fourth-order valence-corrected chi connectivity index (χ4v) is 9.24. The Morgan fingerprint density at radius 1 is 0.662 bits per heavy atom. The molecule has 18 N–H and O–H groups in total. The number of nitrogens with zero attached hydrogens (tertiary/aromatic N) is 2. The highest BCUT2D eigenvalue weighted by molar-refractivity contribution is 7.99. The van der Waals surface area contributed by atoms with Crippen molar-refractivity contribution < 1.29 is 63.6 Å². The Labute approximate surface area is 375 Å². The van der Waals surface area contributed by atoms with E-state index in [0.717, 1.165) is 23.5 Å². The Bertz CT molecular complexity index is 2080. The minimum Gasteiger partial charge on any atom is -0.480 e. The molecule has 1 aliphatic rings. The van der Waals surface area contributed by atoms with Crippen molar-refractivity contribution in [2.24, 2.45) is 23.3 Å². The minimum atomic E-state index is -1.47. The van der Waals surface area contributed by atoms with Gasteiger partial charge >= 0.3 is 23.9 Å². The van der Waals surface area contributed by atoms with Crippen LogP contribution in [0.3, 0.4) is 0 Å². The number of nitrogens with two attached hydrogens (primary N) is 4. The lowest BCUT2D eigenvalue weighted by molar-refractivity contribution is -0.140. The molecule has 8 atom stereocenters. The first kappa shape index (κ1) is 52.8. The van der Waals surface area contributed by atoms with Gasteiger partial charge in [-0.1, -0.05) is 6.42 Å². The fourth-order valence-electron chi connectivity index (χ4n) is 6.39. The lowest BCUT2D eigenvalue weighted by atomic mass is 9.76. The van der Waals surface area contributed by atoms with Gasteiger partial charge in [-0.15, -0.1) is 23.5 Å². The van der Waals surface area contributed by atoms with E-state index in [1.54, 1.807) is 0 Å². The predicted molar refractivity (Wildman–Crippen MR) is 230 cm³/mol. The van der Waals surface area contributed by atoms with Gasteiger partial charge in [-0.25, -0.2) is 9.97 Å². The number of carbonyl (C=O) groups is 9. The number of thioether (sulfide) groups is 2. The molecule has 0 radical (unpaired) electrons. The van der Waals surface area contributed by atoms with Crippen molar-refractivity contribution in [2.75, 3.05) is 36.1 Å². The second-order valence-corrected chi connectivity index (χ2v) is 16.9. The number of Topliss-reactive ketones (excluding diaryl/α,β-unsaturated/α-hetero) is 1. The molecule has 356 valence electrons. The number of anilines is 2. The lowest BCUT2D eigenvalue weighted by Crippen LogP contribution is -2.50. The summed E-state index contributed by atoms with van der Waals surface area (Å²) in [6.45, 7) is -1.67. The third-order valence-corrected chi connectivity index (χ3v) is 12.7. The third kappa shape index (κ3) is 16.5. The van der Waals surface area contributed by atoms with Gasteiger partial charge in [-0.2, -0.15) is 0 Å². The number of hydrogen-bond donors (Lipinski definition) is 14. The summed E-state index contributed by atoms with van der Waals surface area (Å²) in [6, 6.07) is -5.75. The number of carbonyl (C=O) groups excluding carboxylic acids is 5. The number of aromatic nitrogens is 4. The van der Waals surface area contributed by atoms with Gasteiger partial charge in [0.1, 0.15) is 43.0 Å². The maximum absolute atomic E-state index is 14.9. The van der Waals surface area contributed by atoms with Crippen LogP contribution < -0.4 is 55.3 Å². The van der Waals surface area contributed by atoms with Gasteiger partial charge in [0.15, 0.2) is 11.6 Å². The summed E-state index contributed by atoms with van der Waals surface area (Å²) in [5, 5.41) is 43.7. The van der Waals surface area contributed by atoms with E-state index >= 15 is 0 Å². The number of amides is 4. The van der Waals surface area contributed by atoms with Gasteiger partial charge in [-0.05, 0) is 25.7 Å². The largest absolute Gasteiger partial charge is 0.480 e. The second kappa shape index (κ2) is 25.0. The Morgan fingerprint density at radius 3 is 1.35 bits per heavy atom. The van der Waals surface area contributed by atoms with Crippen molar-refractivity contribution in [3.63, 3.8) is 0 Å². The van der Waals surface area contributed by atoms with E-state index < -0.39 is 148 Å². The zero-order valence-electron chi connectivity index (χ0n) is 34.4. The molecule has 65 heavy (non-hydrogen) atoms. The number of aliphatic carboxylic acids is 4. The SMILES string of the molecule is Nc1nc(C(SC[C@H](NC(=O)CC[C@@H](N)C(=O)O)C(=O)NCC(=O)O)C2CCCC(C(SC[C@H](NC(=O)CC[C@H](N)C(=O)O)C(=O)NCC(=O)O)c3c[nH]c(=O)c(N)n3)C2=O)c[nH]c1=O. The van der Waals surface area contributed by atoms with Crippen LogP contribution in [0.2, 0.25) is 0 Å². The molecule has 4 amide bonds. The van der Waals surface area contributed by atoms with Gasteiger partial charge in [0.2, 0.25) is 23.6 Å². The molecular weight excluding hydrogens is 905 g/mol. The number of aromatic amines is 2. The predicted octanol–water partition coefficient (Wildman–Crippen LogP) is -3.99. The summed E-state index contributed by atoms with van der Waals surface area (Å²) in [5.74, 6) is -13.2. The molecular formula is C36H50N12O15S2. The van der Waals surface area contributed by atoms with Gasteiger partial charge in [0.05, 0.1) is 21.9 Å². The Kier molecular flexibility index (Phi) is 20.3. The molecule has 2 heterocycles. The maximum atomic E-state index is 14.9. The van der Waals surface area contributed by atoms with Crippen molar-refractivity contribution in [1.82, 2.24) is 41.2 Å². The molecule has 2 aromatic heterocycles. The number of hydrogen-bond acceptors (Lipinski definition) is 19. The van der Waals surface area contributed by atoms with E-state index in [2.05, 4.69) is 41.2 Å². The van der Waals surface area contributed by atoms with Crippen molar-refractivity contribution in [3.05, 3.63) is 44.5 Å². The Balaban J connectivity index is 2.03. The molecule has 27 nitrogen and oxygen atoms in total. The van der Waals surface area contributed by atoms with Crippen LogP contribution in [0.15, 0.2) is 22.0 Å². The molecule has 1 fully saturated rings. The highest BCUT2D eigenvalue weighted by Crippen LogP contribution is 2.48. The zero-order valence-corrected chi connectivity index (χ0v) is 36.0. The minimum absolute atomic E-state index is 0.0608. The van der Waals surface area contributed by atoms with Crippen LogP contribution in [0, 0.1) is 11.8 Å². The van der Waals surface area contributed by atoms with Gasteiger partial charge in [0.25, 0.3) is 11.1 Å². The van der Waals surface area contributed by atoms with E-state index in [4.69, 9.17) is 33.1 Å². The van der Waals surface area contributed by atoms with E-state index in [-0.39, 0.29) is 48.6 Å². The normalized spacial score (nSPS) is 17.5. The summed E-state index contributed by atoms with van der Waals surface area (Å²) in [5.41, 5.74) is 21.4. The average Bonchev–Trinajstić information content (AvgIpc) is 3.25. The standard InChI is InChI=1S/C36H50N12O15S2/c37-16(35(60)61)4-6-22(49)45-20(31(56)43-10-24(51)52)12-64-27(18-8-41-33(58)29(39)47-18)14-2-1-3-15(26(14)55)28(19-9-42-34(59)30(40)48-19)65-13-21(32(57)44-11-25(53)54)46-23(50)7-5-17(38)36(62)63/h8-9,14-17,20-21,27-28H,1-7,10-13,37-38H2,(H2,39,47)(H2,40,48)(H,41,58)(H,42,59)(H,43,56)(H,44,57)(H,45,49)(H,46,50)(H,51,52)(H,53,54)(H,60,61)(H,62,63)/t14?,15?,16-,17+,20-,21-,27?,28?/m0/s1. The molecule has 0 bridgehead atoms. The number of carboxylic acid groups (broad SMARTS) is 4. The third-order valence-electron chi connectivity index (χ3n) is 9.76. The maximum Gasteiger partial charge on any atom is 0.322 e. The number of carboxylic acids is 4. The van der Waals surface area contributed by atoms with Crippen LogP contribution in [0.5, 0.6) is 0 Å². The number of ketones is 1. The molecule has 0 aliphatic heterocycles. The first-order valence-electron chi connectivity index (χ1n) is 19.6. The van der Waals surface area contributed by atoms with Crippen LogP contribution in [0.4, 0.5) is 11.6 Å². The zero-order chi connectivity index (χ0) is 48.5. The van der Waals surface area contributed by atoms with Gasteiger partial charge in [-0.3, -0.25) is 52.7 Å². The molecule has 3 rings (SSSR count). The van der Waals surface area contributed by atoms with Crippen molar-refractivity contribution in [3.8, 4) is 0 Å². The highest BCUT2D eigenvalue weighted by Gasteiger charge is 2.43. The Hall–Kier alpha value is -6.59. The molecule has 29 heteroatoms. The molecule has 0 spiro atoms. The smallest absolute Gasteiger partial charge is 0.322 e. The van der Waals surface area contributed by atoms with Crippen molar-refractivity contribution >= 4 is 88.4 Å². The first-order chi connectivity index (χ1) is 30.6. The van der Waals surface area contributed by atoms with Crippen LogP contribution >= 0.6 is 23.5 Å². The van der Waals surface area contributed by atoms with Crippen LogP contribution in [0.25, 0.3) is 0 Å². The Morgan fingerprint density at radius 2 is 1.03 bits per heavy atom. The highest BCUT2D eigenvalue weighted by atomic mass is 32.2. The molecule has 0 aromatic carbocycles. The first-order valence-corrected chi connectivity index (χ1v) is 21.7. The van der Waals surface area contributed by atoms with Crippen LogP contribution in [0.1, 0.15) is 66.8 Å². The van der Waals surface area contributed by atoms with Crippen LogP contribution in [-0.2, 0) is 43.2 Å². The molecule has 1 saturated carbocycles. The summed E-state index contributed by atoms with van der Waals surface area (Å²) in [6.07, 6.45) is 1.59. The second-order valence-electron chi connectivity index (χ2n) is 14.6. The van der Waals surface area contributed by atoms with Gasteiger partial charge < -0.3 is 74.6 Å². The topological polar surface area (TPSA) is 478 Å². The molecule has 4 unspecified atom stereocenters. The average molecular weight is 955 g/mol. The van der Waals surface area contributed by atoms with E-state index in [1.807, 2.05) is 0 Å². The van der Waals surface area contributed by atoms with Crippen molar-refractivity contribution in [1.29, 1.82) is 0 Å². The monoisotopic (exact) mass is 954 g/mol. The lowest BCUT2D eigenvalue weighted by Gasteiger charge is -2.36. The summed E-state index contributed by atoms with van der Waals surface area (Å²) < 4.78 is 0. The number of nitrogen functional groups attached to an aromatic ring is 2. The summed E-state index contributed by atoms with van der Waals surface area (Å²) >= 11 is 1.83. The quantitative estimate of drug-likeness (QED) is 0.0427. The van der Waals surface area contributed by atoms with E-state index in [0.29, 0.717) is 6.42 Å². The molecule has 2 aromatic rings. The van der Waals surface area contributed by atoms with Crippen molar-refractivity contribution in [2.45, 2.75) is 79.6 Å². The number of rotatable bonds is 26. The van der Waals surface area contributed by atoms with E-state index in [1.165, 1.54) is 12.4 Å². The molecule has 0 saturated heterocycles. The number of H-pyrrole nitrogens is 2. The number of nitrogens with one attached hydrogen (secondary N) is 6. The molecule has 1 aliphatic carbocycles. The van der Waals surface area contributed by atoms with Gasteiger partial charge in [0, 0.05) is 48.6 Å². The van der Waals surface area contributed by atoms with Crippen LogP contribution in [-0.4, -0.2) is 142 Å².